The Bertz CT molecular complexity index is 53.7. The molecule has 3 heteroatoms. The molecule has 0 N–H and O–H groups in total. The summed E-state index contributed by atoms with van der Waals surface area (Å²) in [4.78, 5) is 0. The zero-order chi connectivity index (χ0) is 5.11. The van der Waals surface area contributed by atoms with Gasteiger partial charge in [0.25, 0.3) is 0 Å². The van der Waals surface area contributed by atoms with Gasteiger partial charge in [-0.2, -0.15) is 0 Å². The van der Waals surface area contributed by atoms with E-state index in [0.29, 0.717) is 0 Å². The fourth-order valence-corrected chi connectivity index (χ4v) is 1.10. The van der Waals surface area contributed by atoms with Crippen molar-refractivity contribution in [2.45, 2.75) is 6.42 Å². The van der Waals surface area contributed by atoms with Gasteiger partial charge in [0.2, 0.25) is 0 Å². The molecule has 0 aromatic rings. The summed E-state index contributed by atoms with van der Waals surface area (Å²) < 4.78 is 7.24. The number of ether oxygens (including phenoxy) is 1. The van der Waals surface area contributed by atoms with Crippen LogP contribution in [0.4, 0.5) is 0 Å². The molecule has 2 nitrogen and oxygen atoms in total. The monoisotopic (exact) mass is 213 g/mol. The molecule has 0 aliphatic carbocycles. The molecule has 0 atom stereocenters. The van der Waals surface area contributed by atoms with Crippen LogP contribution >= 0.6 is 22.9 Å². The molecule has 42 valence electrons. The standard InChI is InChI=1S/C4H8INO/c5-6-2-1-3-7-4-6/h1-4H2. The Balaban J connectivity index is 2.12. The van der Waals surface area contributed by atoms with Crippen LogP contribution < -0.4 is 0 Å². The van der Waals surface area contributed by atoms with Gasteiger partial charge in [-0.25, -0.2) is 3.11 Å². The fraction of sp³-hybridized carbons (Fsp3) is 1.00. The minimum atomic E-state index is 0.806. The van der Waals surface area contributed by atoms with Gasteiger partial charge in [0.15, 0.2) is 0 Å². The van der Waals surface area contributed by atoms with E-state index in [4.69, 9.17) is 4.74 Å². The highest BCUT2D eigenvalue weighted by atomic mass is 127. The number of halogens is 1. The van der Waals surface area contributed by atoms with E-state index in [1.165, 1.54) is 13.0 Å². The van der Waals surface area contributed by atoms with Crippen LogP contribution in [-0.2, 0) is 4.74 Å². The molecule has 0 spiro atoms. The van der Waals surface area contributed by atoms with Crippen molar-refractivity contribution in [3.63, 3.8) is 0 Å². The molecule has 0 unspecified atom stereocenters. The Labute approximate surface area is 57.3 Å². The summed E-state index contributed by atoms with van der Waals surface area (Å²) in [5.41, 5.74) is 0. The molecule has 0 bridgehead atoms. The quantitative estimate of drug-likeness (QED) is 0.440. The minimum absolute atomic E-state index is 0.806. The Hall–Kier alpha value is 0.650. The van der Waals surface area contributed by atoms with Crippen LogP contribution in [0.3, 0.4) is 0 Å². The summed E-state index contributed by atoms with van der Waals surface area (Å²) in [6, 6.07) is 0. The minimum Gasteiger partial charge on any atom is -0.365 e. The maximum Gasteiger partial charge on any atom is 0.107 e. The predicted molar refractivity (Wildman–Crippen MR) is 36.2 cm³/mol. The summed E-state index contributed by atoms with van der Waals surface area (Å²) in [6.45, 7) is 2.93. The summed E-state index contributed by atoms with van der Waals surface area (Å²) >= 11 is 2.27. The van der Waals surface area contributed by atoms with Crippen molar-refractivity contribution in [3.8, 4) is 0 Å². The Morgan fingerprint density at radius 1 is 1.57 bits per heavy atom. The molecule has 1 heterocycles. The molecule has 1 saturated heterocycles. The van der Waals surface area contributed by atoms with E-state index in [-0.39, 0.29) is 0 Å². The Kier molecular flexibility index (Phi) is 2.34. The van der Waals surface area contributed by atoms with Crippen LogP contribution in [0.15, 0.2) is 0 Å². The Morgan fingerprint density at radius 2 is 2.43 bits per heavy atom. The first-order valence-corrected chi connectivity index (χ1v) is 3.34. The number of nitrogens with zero attached hydrogens (tertiary/aromatic N) is 1. The van der Waals surface area contributed by atoms with Crippen molar-refractivity contribution in [2.75, 3.05) is 19.9 Å². The largest absolute Gasteiger partial charge is 0.365 e. The zero-order valence-corrected chi connectivity index (χ0v) is 6.22. The molecule has 7 heavy (non-hydrogen) atoms. The van der Waals surface area contributed by atoms with Gasteiger partial charge >= 0.3 is 0 Å². The summed E-state index contributed by atoms with van der Waals surface area (Å²) in [7, 11) is 0. The second kappa shape index (κ2) is 2.84. The molecule has 1 aliphatic rings. The third-order valence-corrected chi connectivity index (χ3v) is 1.68. The van der Waals surface area contributed by atoms with Crippen molar-refractivity contribution >= 4 is 22.9 Å². The third kappa shape index (κ3) is 1.92. The highest BCUT2D eigenvalue weighted by Gasteiger charge is 2.04. The van der Waals surface area contributed by atoms with Crippen molar-refractivity contribution in [1.82, 2.24) is 3.11 Å². The van der Waals surface area contributed by atoms with E-state index >= 15 is 0 Å². The van der Waals surface area contributed by atoms with Gasteiger partial charge < -0.3 is 4.74 Å². The van der Waals surface area contributed by atoms with Gasteiger partial charge in [0.1, 0.15) is 6.73 Å². The summed E-state index contributed by atoms with van der Waals surface area (Å²) in [6.07, 6.45) is 1.18. The van der Waals surface area contributed by atoms with Gasteiger partial charge in [-0.3, -0.25) is 0 Å². The van der Waals surface area contributed by atoms with Crippen LogP contribution in [-0.4, -0.2) is 23.0 Å². The van der Waals surface area contributed by atoms with Crippen molar-refractivity contribution in [2.24, 2.45) is 0 Å². The molecule has 0 saturated carbocycles. The average molecular weight is 213 g/mol. The predicted octanol–water partition coefficient (Wildman–Crippen LogP) is 1.02. The molecule has 1 fully saturated rings. The van der Waals surface area contributed by atoms with Crippen LogP contribution in [0.1, 0.15) is 6.42 Å². The average Bonchev–Trinajstić information content (AvgIpc) is 1.69. The lowest BCUT2D eigenvalue weighted by Gasteiger charge is -2.18. The van der Waals surface area contributed by atoms with Gasteiger partial charge in [0.05, 0.1) is 0 Å². The normalized spacial score (nSPS) is 25.3. The number of hydrogen-bond donors (Lipinski definition) is 0. The number of hydrogen-bond acceptors (Lipinski definition) is 2. The molecular weight excluding hydrogens is 205 g/mol. The van der Waals surface area contributed by atoms with E-state index in [2.05, 4.69) is 26.0 Å². The van der Waals surface area contributed by atoms with Crippen LogP contribution in [0.25, 0.3) is 0 Å². The second-order valence-corrected chi connectivity index (χ2v) is 2.94. The van der Waals surface area contributed by atoms with Crippen molar-refractivity contribution in [3.05, 3.63) is 0 Å². The molecule has 1 rings (SSSR count). The highest BCUT2D eigenvalue weighted by molar-refractivity contribution is 14.1. The highest BCUT2D eigenvalue weighted by Crippen LogP contribution is 2.04. The van der Waals surface area contributed by atoms with E-state index < -0.39 is 0 Å². The van der Waals surface area contributed by atoms with Gasteiger partial charge in [-0.1, -0.05) is 0 Å². The second-order valence-electron chi connectivity index (χ2n) is 1.58. The lowest BCUT2D eigenvalue weighted by molar-refractivity contribution is 0.0457. The maximum atomic E-state index is 5.10. The molecule has 0 aromatic heterocycles. The molecule has 0 amide bonds. The van der Waals surface area contributed by atoms with E-state index in [0.717, 1.165) is 13.3 Å². The van der Waals surface area contributed by atoms with E-state index in [9.17, 15) is 0 Å². The van der Waals surface area contributed by atoms with Crippen LogP contribution in [0, 0.1) is 0 Å². The number of rotatable bonds is 0. The zero-order valence-electron chi connectivity index (χ0n) is 4.06. The van der Waals surface area contributed by atoms with Gasteiger partial charge in [0, 0.05) is 36.0 Å². The smallest absolute Gasteiger partial charge is 0.107 e. The summed E-state index contributed by atoms with van der Waals surface area (Å²) in [5.74, 6) is 0. The first kappa shape index (κ1) is 5.78. The first-order chi connectivity index (χ1) is 3.39. The SMILES string of the molecule is IN1CCCOC1. The molecular formula is C4H8INO. The molecule has 1 aliphatic heterocycles. The third-order valence-electron chi connectivity index (χ3n) is 0.921. The molecule has 0 aromatic carbocycles. The van der Waals surface area contributed by atoms with E-state index in [1.54, 1.807) is 0 Å². The lowest BCUT2D eigenvalue weighted by Crippen LogP contribution is -2.23. The van der Waals surface area contributed by atoms with Crippen molar-refractivity contribution in [1.29, 1.82) is 0 Å². The van der Waals surface area contributed by atoms with Crippen molar-refractivity contribution < 1.29 is 4.74 Å². The fourth-order valence-electron chi connectivity index (χ4n) is 0.566. The maximum absolute atomic E-state index is 5.10. The Morgan fingerprint density at radius 3 is 2.71 bits per heavy atom. The van der Waals surface area contributed by atoms with Gasteiger partial charge in [-0.15, -0.1) is 0 Å². The van der Waals surface area contributed by atoms with Crippen LogP contribution in [0.2, 0.25) is 0 Å². The first-order valence-electron chi connectivity index (χ1n) is 2.38. The van der Waals surface area contributed by atoms with Crippen LogP contribution in [0.5, 0.6) is 0 Å². The molecule has 0 radical (unpaired) electrons. The topological polar surface area (TPSA) is 12.5 Å². The van der Waals surface area contributed by atoms with E-state index in [1.807, 2.05) is 0 Å². The van der Waals surface area contributed by atoms with Gasteiger partial charge in [-0.05, 0) is 6.42 Å². The lowest BCUT2D eigenvalue weighted by atomic mass is 10.4. The summed E-state index contributed by atoms with van der Waals surface area (Å²) in [5, 5.41) is 0.